The van der Waals surface area contributed by atoms with Crippen LogP contribution in [-0.4, -0.2) is 15.9 Å². The molecule has 102 valence electrons. The van der Waals surface area contributed by atoms with Crippen molar-refractivity contribution in [3.05, 3.63) is 52.4 Å². The number of hydrogen-bond donors (Lipinski definition) is 2. The molecule has 3 rings (SSSR count). The molecule has 1 aromatic heterocycles. The summed E-state index contributed by atoms with van der Waals surface area (Å²) in [5.74, 6) is -0.0669. The van der Waals surface area contributed by atoms with Crippen molar-refractivity contribution in [2.75, 3.05) is 5.73 Å². The summed E-state index contributed by atoms with van der Waals surface area (Å²) in [4.78, 5) is 19.8. The molecule has 1 atom stereocenters. The van der Waals surface area contributed by atoms with E-state index >= 15 is 0 Å². The Hall–Kier alpha value is -2.14. The van der Waals surface area contributed by atoms with Crippen LogP contribution in [-0.2, 0) is 6.42 Å². The predicted molar refractivity (Wildman–Crippen MR) is 76.4 cm³/mol. The normalized spacial score (nSPS) is 16.8. The van der Waals surface area contributed by atoms with Gasteiger partial charge in [0.1, 0.15) is 12.1 Å². The molecule has 0 aliphatic heterocycles. The van der Waals surface area contributed by atoms with E-state index in [1.54, 1.807) is 0 Å². The second-order valence-corrected chi connectivity index (χ2v) is 5.17. The van der Waals surface area contributed by atoms with Crippen molar-refractivity contribution in [3.63, 3.8) is 0 Å². The van der Waals surface area contributed by atoms with Gasteiger partial charge in [-0.15, -0.1) is 0 Å². The van der Waals surface area contributed by atoms with Crippen LogP contribution in [0.4, 0.5) is 5.82 Å². The molecule has 2 aromatic rings. The van der Waals surface area contributed by atoms with Crippen LogP contribution in [0, 0.1) is 0 Å². The molecule has 0 radical (unpaired) electrons. The second kappa shape index (κ2) is 5.09. The van der Waals surface area contributed by atoms with Gasteiger partial charge in [-0.3, -0.25) is 4.79 Å². The Bertz CT molecular complexity index is 674. The minimum absolute atomic E-state index is 0.0191. The molecule has 0 spiro atoms. The lowest BCUT2D eigenvalue weighted by atomic mass is 10.1. The van der Waals surface area contributed by atoms with Gasteiger partial charge in [-0.05, 0) is 36.1 Å². The topological polar surface area (TPSA) is 80.9 Å². The summed E-state index contributed by atoms with van der Waals surface area (Å²) in [5, 5.41) is 3.69. The molecule has 1 heterocycles. The number of hydrogen-bond acceptors (Lipinski definition) is 4. The average molecular weight is 289 g/mol. The maximum atomic E-state index is 12.2. The summed E-state index contributed by atoms with van der Waals surface area (Å²) in [6.07, 6.45) is 4.50. The van der Waals surface area contributed by atoms with E-state index in [0.29, 0.717) is 5.56 Å². The number of carbonyl (C=O) groups is 1. The molecule has 5 nitrogen and oxygen atoms in total. The van der Waals surface area contributed by atoms with E-state index < -0.39 is 0 Å². The number of aryl methyl sites for hydroxylation is 1. The van der Waals surface area contributed by atoms with Gasteiger partial charge in [-0.25, -0.2) is 9.97 Å². The van der Waals surface area contributed by atoms with Crippen molar-refractivity contribution in [3.8, 4) is 0 Å². The highest BCUT2D eigenvalue weighted by Gasteiger charge is 2.25. The minimum Gasteiger partial charge on any atom is -0.383 e. The minimum atomic E-state index is -0.254. The quantitative estimate of drug-likeness (QED) is 0.887. The average Bonchev–Trinajstić information content (AvgIpc) is 2.81. The van der Waals surface area contributed by atoms with E-state index in [-0.39, 0.29) is 17.8 Å². The number of anilines is 1. The molecule has 1 amide bonds. The Kier molecular flexibility index (Phi) is 3.28. The molecule has 3 N–H and O–H groups in total. The third-order valence-corrected chi connectivity index (χ3v) is 3.71. The first-order valence-electron chi connectivity index (χ1n) is 6.30. The van der Waals surface area contributed by atoms with Gasteiger partial charge in [0, 0.05) is 11.2 Å². The maximum Gasteiger partial charge on any atom is 0.257 e. The SMILES string of the molecule is Nc1ncncc1C(=O)NC1CCc2cc(Cl)ccc21. The fraction of sp³-hybridized carbons (Fsp3) is 0.214. The van der Waals surface area contributed by atoms with Crippen LogP contribution in [0.15, 0.2) is 30.7 Å². The van der Waals surface area contributed by atoms with E-state index in [9.17, 15) is 4.79 Å². The molecule has 1 aliphatic carbocycles. The number of amides is 1. The zero-order chi connectivity index (χ0) is 14.1. The zero-order valence-corrected chi connectivity index (χ0v) is 11.4. The van der Waals surface area contributed by atoms with Crippen LogP contribution in [0.3, 0.4) is 0 Å². The summed E-state index contributed by atoms with van der Waals surface area (Å²) >= 11 is 5.97. The van der Waals surface area contributed by atoms with Gasteiger partial charge >= 0.3 is 0 Å². The number of aromatic nitrogens is 2. The number of nitrogens with zero attached hydrogens (tertiary/aromatic N) is 2. The third-order valence-electron chi connectivity index (χ3n) is 3.48. The van der Waals surface area contributed by atoms with Crippen LogP contribution >= 0.6 is 11.6 Å². The molecule has 0 bridgehead atoms. The zero-order valence-electron chi connectivity index (χ0n) is 10.6. The van der Waals surface area contributed by atoms with Gasteiger partial charge in [-0.2, -0.15) is 0 Å². The predicted octanol–water partition coefficient (Wildman–Crippen LogP) is 2.13. The Labute approximate surface area is 121 Å². The number of nitrogen functional groups attached to an aromatic ring is 1. The fourth-order valence-electron chi connectivity index (χ4n) is 2.49. The monoisotopic (exact) mass is 288 g/mol. The highest BCUT2D eigenvalue weighted by Crippen LogP contribution is 2.33. The standard InChI is InChI=1S/C14H13ClN4O/c15-9-2-3-10-8(5-9)1-4-12(10)19-14(20)11-6-17-7-18-13(11)16/h2-3,5-7,12H,1,4H2,(H,19,20)(H2,16,17,18). The lowest BCUT2D eigenvalue weighted by Crippen LogP contribution is -2.28. The van der Waals surface area contributed by atoms with Gasteiger partial charge in [-0.1, -0.05) is 17.7 Å². The molecule has 0 saturated carbocycles. The van der Waals surface area contributed by atoms with Gasteiger partial charge in [0.05, 0.1) is 11.6 Å². The summed E-state index contributed by atoms with van der Waals surface area (Å²) in [6.45, 7) is 0. The van der Waals surface area contributed by atoms with E-state index in [1.165, 1.54) is 18.1 Å². The van der Waals surface area contributed by atoms with Gasteiger partial charge < -0.3 is 11.1 Å². The number of nitrogens with one attached hydrogen (secondary N) is 1. The van der Waals surface area contributed by atoms with Crippen LogP contribution in [0.25, 0.3) is 0 Å². The fourth-order valence-corrected chi connectivity index (χ4v) is 2.68. The Balaban J connectivity index is 1.81. The van der Waals surface area contributed by atoms with Gasteiger partial charge in [0.25, 0.3) is 5.91 Å². The second-order valence-electron chi connectivity index (χ2n) is 4.73. The number of halogens is 1. The van der Waals surface area contributed by atoms with E-state index in [2.05, 4.69) is 15.3 Å². The third kappa shape index (κ3) is 2.32. The van der Waals surface area contributed by atoms with Crippen molar-refractivity contribution < 1.29 is 4.79 Å². The van der Waals surface area contributed by atoms with Crippen LogP contribution in [0.1, 0.15) is 33.9 Å². The largest absolute Gasteiger partial charge is 0.383 e. The first-order chi connectivity index (χ1) is 9.65. The smallest absolute Gasteiger partial charge is 0.257 e. The highest BCUT2D eigenvalue weighted by atomic mass is 35.5. The van der Waals surface area contributed by atoms with Crippen molar-refractivity contribution in [2.45, 2.75) is 18.9 Å². The summed E-state index contributed by atoms with van der Waals surface area (Å²) in [5.41, 5.74) is 8.27. The molecular weight excluding hydrogens is 276 g/mol. The molecule has 1 aliphatic rings. The molecule has 0 saturated heterocycles. The molecule has 20 heavy (non-hydrogen) atoms. The summed E-state index contributed by atoms with van der Waals surface area (Å²) < 4.78 is 0. The summed E-state index contributed by atoms with van der Waals surface area (Å²) in [6, 6.07) is 5.73. The summed E-state index contributed by atoms with van der Waals surface area (Å²) in [7, 11) is 0. The van der Waals surface area contributed by atoms with Gasteiger partial charge in [0.15, 0.2) is 0 Å². The van der Waals surface area contributed by atoms with Crippen LogP contribution in [0.2, 0.25) is 5.02 Å². The Morgan fingerprint density at radius 2 is 2.30 bits per heavy atom. The Morgan fingerprint density at radius 1 is 1.45 bits per heavy atom. The van der Waals surface area contributed by atoms with Crippen LogP contribution < -0.4 is 11.1 Å². The van der Waals surface area contributed by atoms with E-state index in [0.717, 1.165) is 23.4 Å². The number of fused-ring (bicyclic) bond motifs is 1. The number of nitrogens with two attached hydrogens (primary N) is 1. The van der Waals surface area contributed by atoms with Crippen molar-refractivity contribution in [1.29, 1.82) is 0 Å². The molecular formula is C14H13ClN4O. The van der Waals surface area contributed by atoms with Crippen LogP contribution in [0.5, 0.6) is 0 Å². The molecule has 0 fully saturated rings. The lowest BCUT2D eigenvalue weighted by Gasteiger charge is -2.14. The van der Waals surface area contributed by atoms with Gasteiger partial charge in [0.2, 0.25) is 0 Å². The van der Waals surface area contributed by atoms with Crippen molar-refractivity contribution >= 4 is 23.3 Å². The Morgan fingerprint density at radius 3 is 3.10 bits per heavy atom. The maximum absolute atomic E-state index is 12.2. The molecule has 6 heteroatoms. The molecule has 1 aromatic carbocycles. The lowest BCUT2D eigenvalue weighted by molar-refractivity contribution is 0.0937. The van der Waals surface area contributed by atoms with E-state index in [1.807, 2.05) is 18.2 Å². The molecule has 1 unspecified atom stereocenters. The first kappa shape index (κ1) is 12.9. The van der Waals surface area contributed by atoms with E-state index in [4.69, 9.17) is 17.3 Å². The first-order valence-corrected chi connectivity index (χ1v) is 6.67. The number of carbonyl (C=O) groups excluding carboxylic acids is 1. The number of benzene rings is 1. The van der Waals surface area contributed by atoms with Crippen molar-refractivity contribution in [2.24, 2.45) is 0 Å². The van der Waals surface area contributed by atoms with Crippen molar-refractivity contribution in [1.82, 2.24) is 15.3 Å². The number of rotatable bonds is 2. The highest BCUT2D eigenvalue weighted by molar-refractivity contribution is 6.30.